The van der Waals surface area contributed by atoms with Crippen LogP contribution in [0.4, 0.5) is 17.1 Å². The van der Waals surface area contributed by atoms with Crippen molar-refractivity contribution in [1.29, 1.82) is 0 Å². The van der Waals surface area contributed by atoms with Crippen molar-refractivity contribution in [3.63, 3.8) is 0 Å². The van der Waals surface area contributed by atoms with Gasteiger partial charge in [0.05, 0.1) is 10.6 Å². The molecule has 3 aromatic heterocycles. The summed E-state index contributed by atoms with van der Waals surface area (Å²) >= 11 is 3.64. The van der Waals surface area contributed by atoms with E-state index in [0.29, 0.717) is 0 Å². The Bertz CT molecular complexity index is 3640. The average Bonchev–Trinajstić information content (AvgIpc) is 4.08. The molecule has 0 radical (unpaired) electrons. The monoisotopic (exact) mass is 800 g/mol. The van der Waals surface area contributed by atoms with Crippen LogP contribution in [0.25, 0.3) is 107 Å². The van der Waals surface area contributed by atoms with E-state index in [2.05, 4.69) is 187 Å². The molecule has 0 spiro atoms. The Kier molecular flexibility index (Phi) is 7.35. The lowest BCUT2D eigenvalue weighted by Crippen LogP contribution is -2.10. The standard InChI is InChI=1S/C55H32N2OS2/c1-2-10-34(11-3-1)55-56-53-44-27-26-40(43-16-9-17-45(52(43)44)54(53)60-55)36-12-8-13-38(30-36)57(39-25-28-49-46(32-39)41-14-4-6-18-48(41)58-49)37-23-20-33(21-24-37)35-22-29-51-47(31-35)42-15-5-7-19-50(42)59-51/h1-32H. The lowest BCUT2D eigenvalue weighted by molar-refractivity contribution is 0.669. The number of rotatable bonds is 6. The van der Waals surface area contributed by atoms with Crippen LogP contribution < -0.4 is 4.90 Å². The summed E-state index contributed by atoms with van der Waals surface area (Å²) < 4.78 is 8.92. The van der Waals surface area contributed by atoms with Crippen LogP contribution in [0.1, 0.15) is 0 Å². The number of anilines is 3. The molecule has 0 fully saturated rings. The van der Waals surface area contributed by atoms with E-state index < -0.39 is 0 Å². The maximum absolute atomic E-state index is 6.28. The largest absolute Gasteiger partial charge is 0.456 e. The first kappa shape index (κ1) is 33.6. The Labute approximate surface area is 353 Å². The van der Waals surface area contributed by atoms with Gasteiger partial charge in [0.1, 0.15) is 16.2 Å². The highest BCUT2D eigenvalue weighted by molar-refractivity contribution is 7.25. The molecule has 0 atom stereocenters. The number of hydrogen-bond donors (Lipinski definition) is 0. The lowest BCUT2D eigenvalue weighted by Gasteiger charge is -2.26. The SMILES string of the molecule is c1ccc(-c2nc3c(s2)-c2cccc4c(-c5cccc(N(c6ccc(-c7ccc8sc9ccccc9c8c7)cc6)c6ccc7oc8ccccc8c7c6)c5)ccc-3c24)cc1. The van der Waals surface area contributed by atoms with Crippen LogP contribution in [-0.4, -0.2) is 4.98 Å². The van der Waals surface area contributed by atoms with Crippen molar-refractivity contribution >= 4 is 92.6 Å². The van der Waals surface area contributed by atoms with Crippen LogP contribution in [0.2, 0.25) is 0 Å². The molecular formula is C55H32N2OS2. The first-order valence-electron chi connectivity index (χ1n) is 20.2. The highest BCUT2D eigenvalue weighted by Crippen LogP contribution is 2.53. The molecule has 60 heavy (non-hydrogen) atoms. The zero-order valence-electron chi connectivity index (χ0n) is 32.1. The Morgan fingerprint density at radius 1 is 0.383 bits per heavy atom. The number of aromatic nitrogens is 1. The molecule has 12 aromatic rings. The Balaban J connectivity index is 0.933. The first-order valence-corrected chi connectivity index (χ1v) is 21.8. The minimum atomic E-state index is 0.882. The normalized spacial score (nSPS) is 12.0. The number of hydrogen-bond acceptors (Lipinski definition) is 5. The fourth-order valence-corrected chi connectivity index (χ4v) is 11.5. The first-order chi connectivity index (χ1) is 29.7. The quantitative estimate of drug-likeness (QED) is 0.168. The van der Waals surface area contributed by atoms with Crippen molar-refractivity contribution in [2.75, 3.05) is 4.90 Å². The zero-order chi connectivity index (χ0) is 39.3. The molecule has 0 amide bonds. The molecule has 3 nitrogen and oxygen atoms in total. The van der Waals surface area contributed by atoms with Gasteiger partial charge in [0.2, 0.25) is 0 Å². The summed E-state index contributed by atoms with van der Waals surface area (Å²) in [5.74, 6) is 0. The van der Waals surface area contributed by atoms with Gasteiger partial charge in [-0.3, -0.25) is 0 Å². The molecule has 0 bridgehead atoms. The molecule has 1 aliphatic carbocycles. The second-order valence-corrected chi connectivity index (χ2v) is 17.6. The highest BCUT2D eigenvalue weighted by atomic mass is 32.1. The number of thiazole rings is 1. The summed E-state index contributed by atoms with van der Waals surface area (Å²) in [6.07, 6.45) is 0. The summed E-state index contributed by atoms with van der Waals surface area (Å²) in [5.41, 5.74) is 14.5. The third-order valence-corrected chi connectivity index (χ3v) is 14.3. The predicted octanol–water partition coefficient (Wildman–Crippen LogP) is 16.7. The number of benzene rings is 9. The van der Waals surface area contributed by atoms with Crippen molar-refractivity contribution < 1.29 is 4.42 Å². The smallest absolute Gasteiger partial charge is 0.135 e. The molecule has 0 saturated heterocycles. The van der Waals surface area contributed by atoms with Crippen LogP contribution in [0.3, 0.4) is 0 Å². The predicted molar refractivity (Wildman–Crippen MR) is 255 cm³/mol. The van der Waals surface area contributed by atoms with Gasteiger partial charge >= 0.3 is 0 Å². The fourth-order valence-electron chi connectivity index (χ4n) is 9.26. The van der Waals surface area contributed by atoms with E-state index in [9.17, 15) is 0 Å². The van der Waals surface area contributed by atoms with Crippen molar-refractivity contribution in [3.8, 4) is 54.5 Å². The molecule has 0 aliphatic heterocycles. The maximum Gasteiger partial charge on any atom is 0.135 e. The fraction of sp³-hybridized carbons (Fsp3) is 0. The van der Waals surface area contributed by atoms with Gasteiger partial charge in [0.15, 0.2) is 0 Å². The van der Waals surface area contributed by atoms with E-state index in [1.165, 1.54) is 63.6 Å². The van der Waals surface area contributed by atoms with Crippen molar-refractivity contribution in [1.82, 2.24) is 4.98 Å². The molecule has 280 valence electrons. The number of furan rings is 1. The summed E-state index contributed by atoms with van der Waals surface area (Å²) in [6.45, 7) is 0. The number of nitrogens with zero attached hydrogens (tertiary/aromatic N) is 2. The van der Waals surface area contributed by atoms with E-state index >= 15 is 0 Å². The van der Waals surface area contributed by atoms with E-state index in [0.717, 1.165) is 60.8 Å². The third kappa shape index (κ3) is 5.16. The van der Waals surface area contributed by atoms with E-state index in [1.807, 2.05) is 23.5 Å². The van der Waals surface area contributed by atoms with Gasteiger partial charge in [-0.1, -0.05) is 127 Å². The molecule has 1 aliphatic rings. The highest BCUT2D eigenvalue weighted by Gasteiger charge is 2.27. The van der Waals surface area contributed by atoms with Crippen LogP contribution in [-0.2, 0) is 0 Å². The second-order valence-electron chi connectivity index (χ2n) is 15.5. The Hall–Kier alpha value is -7.31. The van der Waals surface area contributed by atoms with Gasteiger partial charge in [-0.2, -0.15) is 0 Å². The minimum Gasteiger partial charge on any atom is -0.456 e. The number of thiophene rings is 1. The molecule has 3 heterocycles. The van der Waals surface area contributed by atoms with E-state index in [4.69, 9.17) is 9.40 Å². The summed E-state index contributed by atoms with van der Waals surface area (Å²) in [5, 5.41) is 8.42. The molecule has 5 heteroatoms. The number of fused-ring (bicyclic) bond motifs is 9. The van der Waals surface area contributed by atoms with Gasteiger partial charge in [-0.15, -0.1) is 22.7 Å². The molecular weight excluding hydrogens is 769 g/mol. The summed E-state index contributed by atoms with van der Waals surface area (Å²) in [4.78, 5) is 8.82. The van der Waals surface area contributed by atoms with Crippen LogP contribution in [0.5, 0.6) is 0 Å². The van der Waals surface area contributed by atoms with Gasteiger partial charge in [-0.05, 0) is 94.4 Å². The molecule has 0 N–H and O–H groups in total. The number of para-hydroxylation sites is 1. The van der Waals surface area contributed by atoms with Crippen LogP contribution >= 0.6 is 22.7 Å². The minimum absolute atomic E-state index is 0.882. The van der Waals surface area contributed by atoms with Crippen molar-refractivity contribution in [3.05, 3.63) is 194 Å². The average molecular weight is 801 g/mol. The van der Waals surface area contributed by atoms with Gasteiger partial charge in [0, 0.05) is 70.1 Å². The maximum atomic E-state index is 6.28. The topological polar surface area (TPSA) is 29.3 Å². The molecule has 0 saturated carbocycles. The van der Waals surface area contributed by atoms with Crippen molar-refractivity contribution in [2.45, 2.75) is 0 Å². The molecule has 9 aromatic carbocycles. The third-order valence-electron chi connectivity index (χ3n) is 12.1. The lowest BCUT2D eigenvalue weighted by atomic mass is 9.94. The summed E-state index contributed by atoms with van der Waals surface area (Å²) in [6, 6.07) is 70.2. The van der Waals surface area contributed by atoms with Gasteiger partial charge in [-0.25, -0.2) is 4.98 Å². The van der Waals surface area contributed by atoms with Crippen molar-refractivity contribution in [2.24, 2.45) is 0 Å². The Morgan fingerprint density at radius 2 is 1.08 bits per heavy atom. The molecule has 0 unspecified atom stereocenters. The van der Waals surface area contributed by atoms with E-state index in [-0.39, 0.29) is 0 Å². The van der Waals surface area contributed by atoms with Gasteiger partial charge in [0.25, 0.3) is 0 Å². The van der Waals surface area contributed by atoms with E-state index in [1.54, 1.807) is 11.3 Å². The summed E-state index contributed by atoms with van der Waals surface area (Å²) in [7, 11) is 0. The molecule has 13 rings (SSSR count). The van der Waals surface area contributed by atoms with Crippen LogP contribution in [0.15, 0.2) is 199 Å². The van der Waals surface area contributed by atoms with Crippen LogP contribution in [0, 0.1) is 0 Å². The second kappa shape index (κ2) is 13.1. The zero-order valence-corrected chi connectivity index (χ0v) is 33.7. The Morgan fingerprint density at radius 3 is 2.00 bits per heavy atom. The van der Waals surface area contributed by atoms with Gasteiger partial charge < -0.3 is 9.32 Å².